The quantitative estimate of drug-likeness (QED) is 0.337. The van der Waals surface area contributed by atoms with Crippen LogP contribution in [0.4, 0.5) is 10.1 Å². The van der Waals surface area contributed by atoms with E-state index >= 15 is 0 Å². The number of rotatable bonds is 4. The highest BCUT2D eigenvalue weighted by Crippen LogP contribution is 2.27. The lowest BCUT2D eigenvalue weighted by molar-refractivity contribution is 0.563. The SMILES string of the molecule is N#CC(=CNc1ccc(F)cc1)c1nc(-c2cc3cc(Cl)ccc3oc2=O)cs1. The Morgan fingerprint density at radius 1 is 1.24 bits per heavy atom. The van der Waals surface area contributed by atoms with E-state index in [1.54, 1.807) is 41.8 Å². The van der Waals surface area contributed by atoms with E-state index in [1.165, 1.54) is 29.7 Å². The Morgan fingerprint density at radius 3 is 2.79 bits per heavy atom. The molecule has 0 spiro atoms. The summed E-state index contributed by atoms with van der Waals surface area (Å²) in [7, 11) is 0. The lowest BCUT2D eigenvalue weighted by atomic mass is 10.1. The first-order valence-electron chi connectivity index (χ1n) is 8.35. The van der Waals surface area contributed by atoms with Crippen LogP contribution in [-0.4, -0.2) is 4.98 Å². The van der Waals surface area contributed by atoms with E-state index in [4.69, 9.17) is 16.0 Å². The predicted octanol–water partition coefficient (Wildman–Crippen LogP) is 5.69. The molecule has 8 heteroatoms. The van der Waals surface area contributed by atoms with Gasteiger partial charge >= 0.3 is 5.63 Å². The molecule has 0 aliphatic heterocycles. The first-order chi connectivity index (χ1) is 14.0. The van der Waals surface area contributed by atoms with E-state index in [9.17, 15) is 14.4 Å². The van der Waals surface area contributed by atoms with Crippen molar-refractivity contribution in [2.75, 3.05) is 5.32 Å². The van der Waals surface area contributed by atoms with Gasteiger partial charge in [-0.15, -0.1) is 11.3 Å². The van der Waals surface area contributed by atoms with E-state index in [2.05, 4.69) is 16.4 Å². The lowest BCUT2D eigenvalue weighted by Crippen LogP contribution is -2.03. The number of anilines is 1. The topological polar surface area (TPSA) is 78.9 Å². The molecule has 5 nitrogen and oxygen atoms in total. The number of hydrogen-bond acceptors (Lipinski definition) is 6. The highest BCUT2D eigenvalue weighted by Gasteiger charge is 2.14. The zero-order valence-corrected chi connectivity index (χ0v) is 16.2. The van der Waals surface area contributed by atoms with Gasteiger partial charge < -0.3 is 9.73 Å². The number of nitriles is 1. The van der Waals surface area contributed by atoms with Crippen LogP contribution < -0.4 is 10.9 Å². The fraction of sp³-hybridized carbons (Fsp3) is 0. The molecule has 2 heterocycles. The average Bonchev–Trinajstić information content (AvgIpc) is 3.19. The minimum Gasteiger partial charge on any atom is -0.422 e. The average molecular weight is 424 g/mol. The second-order valence-corrected chi connectivity index (χ2v) is 7.28. The maximum absolute atomic E-state index is 13.0. The molecular formula is C21H11ClFN3O2S. The highest BCUT2D eigenvalue weighted by molar-refractivity contribution is 7.11. The monoisotopic (exact) mass is 423 g/mol. The lowest BCUT2D eigenvalue weighted by Gasteiger charge is -2.01. The second-order valence-electron chi connectivity index (χ2n) is 5.99. The Labute approximate surface area is 173 Å². The van der Waals surface area contributed by atoms with Crippen molar-refractivity contribution < 1.29 is 8.81 Å². The Kier molecular flexibility index (Phi) is 5.12. The zero-order chi connectivity index (χ0) is 20.4. The summed E-state index contributed by atoms with van der Waals surface area (Å²) in [5, 5.41) is 15.7. The molecule has 142 valence electrons. The summed E-state index contributed by atoms with van der Waals surface area (Å²) in [6.07, 6.45) is 1.48. The Balaban J connectivity index is 1.66. The summed E-state index contributed by atoms with van der Waals surface area (Å²) in [6, 6.07) is 14.4. The molecule has 0 saturated heterocycles. The number of hydrogen-bond donors (Lipinski definition) is 1. The van der Waals surface area contributed by atoms with Crippen LogP contribution in [-0.2, 0) is 0 Å². The molecule has 0 amide bonds. The van der Waals surface area contributed by atoms with Crippen molar-refractivity contribution in [3.05, 3.63) is 86.4 Å². The number of benzene rings is 2. The minimum absolute atomic E-state index is 0.277. The fourth-order valence-electron chi connectivity index (χ4n) is 2.64. The molecule has 4 rings (SSSR count). The summed E-state index contributed by atoms with van der Waals surface area (Å²) in [5.74, 6) is -0.347. The van der Waals surface area contributed by atoms with Gasteiger partial charge in [0.2, 0.25) is 0 Å². The van der Waals surface area contributed by atoms with E-state index in [0.29, 0.717) is 32.4 Å². The number of allylic oxidation sites excluding steroid dienone is 1. The molecule has 4 aromatic rings. The van der Waals surface area contributed by atoms with Gasteiger partial charge in [-0.25, -0.2) is 14.2 Å². The largest absolute Gasteiger partial charge is 0.422 e. The fourth-order valence-corrected chi connectivity index (χ4v) is 3.60. The maximum Gasteiger partial charge on any atom is 0.345 e. The number of aromatic nitrogens is 1. The van der Waals surface area contributed by atoms with Gasteiger partial charge in [-0.2, -0.15) is 5.26 Å². The molecular weight excluding hydrogens is 413 g/mol. The van der Waals surface area contributed by atoms with Crippen molar-refractivity contribution in [2.45, 2.75) is 0 Å². The number of fused-ring (bicyclic) bond motifs is 1. The molecule has 0 fully saturated rings. The third-order valence-corrected chi connectivity index (χ3v) is 5.16. The standard InChI is InChI=1S/C21H11ClFN3O2S/c22-14-1-6-19-12(7-14)8-17(21(27)28-19)18-11-29-20(26-18)13(9-24)10-25-16-4-2-15(23)3-5-16/h1-8,10-11,25H. The van der Waals surface area contributed by atoms with Crippen molar-refractivity contribution in [1.82, 2.24) is 4.98 Å². The third-order valence-electron chi connectivity index (χ3n) is 4.05. The van der Waals surface area contributed by atoms with Crippen molar-refractivity contribution in [3.8, 4) is 17.3 Å². The van der Waals surface area contributed by atoms with Gasteiger partial charge in [0.15, 0.2) is 0 Å². The summed E-state index contributed by atoms with van der Waals surface area (Å²) < 4.78 is 18.3. The Hall–Kier alpha value is -3.47. The van der Waals surface area contributed by atoms with Crippen LogP contribution in [0.1, 0.15) is 5.01 Å². The van der Waals surface area contributed by atoms with Crippen molar-refractivity contribution in [1.29, 1.82) is 5.26 Å². The smallest absolute Gasteiger partial charge is 0.345 e. The van der Waals surface area contributed by atoms with E-state index in [-0.39, 0.29) is 17.0 Å². The molecule has 29 heavy (non-hydrogen) atoms. The summed E-state index contributed by atoms with van der Waals surface area (Å²) in [4.78, 5) is 16.8. The van der Waals surface area contributed by atoms with Crippen LogP contribution in [0.5, 0.6) is 0 Å². The van der Waals surface area contributed by atoms with Gasteiger partial charge in [0, 0.05) is 27.7 Å². The first kappa shape index (κ1) is 18.9. The van der Waals surface area contributed by atoms with Gasteiger partial charge in [-0.1, -0.05) is 11.6 Å². The van der Waals surface area contributed by atoms with Gasteiger partial charge in [0.25, 0.3) is 0 Å². The van der Waals surface area contributed by atoms with Crippen LogP contribution in [0.2, 0.25) is 5.02 Å². The van der Waals surface area contributed by atoms with Crippen LogP contribution in [0.3, 0.4) is 0 Å². The molecule has 2 aromatic carbocycles. The number of nitrogens with one attached hydrogen (secondary N) is 1. The van der Waals surface area contributed by atoms with Crippen molar-refractivity contribution >= 4 is 45.2 Å². The third kappa shape index (κ3) is 4.04. The van der Waals surface area contributed by atoms with Crippen LogP contribution in [0.15, 0.2) is 69.3 Å². The summed E-state index contributed by atoms with van der Waals surface area (Å²) >= 11 is 7.23. The summed E-state index contributed by atoms with van der Waals surface area (Å²) in [5.41, 5.74) is 1.50. The molecule has 0 bridgehead atoms. The minimum atomic E-state index is -0.524. The normalized spacial score (nSPS) is 11.4. The first-order valence-corrected chi connectivity index (χ1v) is 9.61. The molecule has 1 N–H and O–H groups in total. The molecule has 0 radical (unpaired) electrons. The van der Waals surface area contributed by atoms with Crippen LogP contribution in [0.25, 0.3) is 27.8 Å². The number of nitrogens with zero attached hydrogens (tertiary/aromatic N) is 2. The molecule has 2 aromatic heterocycles. The zero-order valence-electron chi connectivity index (χ0n) is 14.6. The summed E-state index contributed by atoms with van der Waals surface area (Å²) in [6.45, 7) is 0. The molecule has 0 atom stereocenters. The van der Waals surface area contributed by atoms with E-state index < -0.39 is 5.63 Å². The highest BCUT2D eigenvalue weighted by atomic mass is 35.5. The number of thiazole rings is 1. The van der Waals surface area contributed by atoms with Crippen LogP contribution in [0, 0.1) is 17.1 Å². The van der Waals surface area contributed by atoms with Crippen molar-refractivity contribution in [3.63, 3.8) is 0 Å². The molecule has 0 aliphatic rings. The van der Waals surface area contributed by atoms with Gasteiger partial charge in [0.05, 0.1) is 11.3 Å². The maximum atomic E-state index is 13.0. The van der Waals surface area contributed by atoms with E-state index in [1.807, 2.05) is 0 Å². The van der Waals surface area contributed by atoms with Gasteiger partial charge in [-0.05, 0) is 48.5 Å². The Morgan fingerprint density at radius 2 is 2.03 bits per heavy atom. The molecule has 0 aliphatic carbocycles. The Bertz CT molecular complexity index is 1340. The van der Waals surface area contributed by atoms with Crippen molar-refractivity contribution in [2.24, 2.45) is 0 Å². The van der Waals surface area contributed by atoms with Gasteiger partial charge in [0.1, 0.15) is 28.1 Å². The van der Waals surface area contributed by atoms with Gasteiger partial charge in [-0.3, -0.25) is 0 Å². The second kappa shape index (κ2) is 7.87. The number of halogens is 2. The predicted molar refractivity (Wildman–Crippen MR) is 112 cm³/mol. The molecule has 0 unspecified atom stereocenters. The van der Waals surface area contributed by atoms with Crippen LogP contribution >= 0.6 is 22.9 Å². The molecule has 0 saturated carbocycles. The van der Waals surface area contributed by atoms with E-state index in [0.717, 1.165) is 0 Å².